The van der Waals surface area contributed by atoms with Gasteiger partial charge in [0, 0.05) is 4.88 Å². The molecule has 0 radical (unpaired) electrons. The molecule has 3 rings (SSSR count). The molecule has 116 valence electrons. The van der Waals surface area contributed by atoms with E-state index in [4.69, 9.17) is 9.26 Å². The van der Waals surface area contributed by atoms with Crippen molar-refractivity contribution in [3.05, 3.63) is 33.0 Å². The number of thiophene rings is 1. The summed E-state index contributed by atoms with van der Waals surface area (Å²) < 4.78 is 9.88. The van der Waals surface area contributed by atoms with Gasteiger partial charge in [-0.15, -0.1) is 11.3 Å². The summed E-state index contributed by atoms with van der Waals surface area (Å²) in [5, 5.41) is 7.14. The second-order valence-corrected chi connectivity index (χ2v) is 6.31. The molecule has 0 unspecified atom stereocenters. The minimum atomic E-state index is -0.409. The molecule has 0 spiro atoms. The fourth-order valence-corrected chi connectivity index (χ4v) is 4.06. The lowest BCUT2D eigenvalue weighted by molar-refractivity contribution is 0.0601. The SMILES string of the molecule is COC(=O)c1c(NC(=O)c2c(C)noc2C)sc2c1CCC2. The molecule has 0 fully saturated rings. The number of fused-ring (bicyclic) bond motifs is 1. The number of nitrogens with one attached hydrogen (secondary N) is 1. The number of nitrogens with zero attached hydrogens (tertiary/aromatic N) is 1. The summed E-state index contributed by atoms with van der Waals surface area (Å²) in [5.41, 5.74) is 2.43. The first-order valence-electron chi connectivity index (χ1n) is 7.00. The molecule has 1 aliphatic carbocycles. The number of aromatic nitrogens is 1. The van der Waals surface area contributed by atoms with Crippen molar-refractivity contribution in [1.29, 1.82) is 0 Å². The summed E-state index contributed by atoms with van der Waals surface area (Å²) in [6, 6.07) is 0. The third-order valence-electron chi connectivity index (χ3n) is 3.80. The molecule has 0 saturated carbocycles. The van der Waals surface area contributed by atoms with Crippen LogP contribution in [0.5, 0.6) is 0 Å². The first-order valence-corrected chi connectivity index (χ1v) is 7.81. The lowest BCUT2D eigenvalue weighted by Gasteiger charge is -2.06. The van der Waals surface area contributed by atoms with Gasteiger partial charge >= 0.3 is 5.97 Å². The van der Waals surface area contributed by atoms with Crippen molar-refractivity contribution in [2.24, 2.45) is 0 Å². The Morgan fingerprint density at radius 1 is 1.27 bits per heavy atom. The summed E-state index contributed by atoms with van der Waals surface area (Å²) in [6.45, 7) is 3.39. The third kappa shape index (κ3) is 2.31. The van der Waals surface area contributed by atoms with Crippen molar-refractivity contribution >= 4 is 28.2 Å². The number of carbonyl (C=O) groups is 2. The van der Waals surface area contributed by atoms with Crippen LogP contribution < -0.4 is 5.32 Å². The predicted molar refractivity (Wildman–Crippen MR) is 81.6 cm³/mol. The standard InChI is InChI=1S/C15H16N2O4S/c1-7-11(8(2)21-17-7)13(18)16-14-12(15(19)20-3)9-5-4-6-10(9)22-14/h4-6H2,1-3H3,(H,16,18). The number of aryl methyl sites for hydroxylation is 3. The molecule has 6 nitrogen and oxygen atoms in total. The number of anilines is 1. The van der Waals surface area contributed by atoms with Gasteiger partial charge in [-0.25, -0.2) is 4.79 Å². The van der Waals surface area contributed by atoms with Crippen LogP contribution in [0.1, 0.15) is 49.0 Å². The zero-order valence-electron chi connectivity index (χ0n) is 12.6. The van der Waals surface area contributed by atoms with Gasteiger partial charge in [0.2, 0.25) is 0 Å². The minimum absolute atomic E-state index is 0.318. The average molecular weight is 320 g/mol. The number of methoxy groups -OCH3 is 1. The van der Waals surface area contributed by atoms with Gasteiger partial charge in [0.05, 0.1) is 18.4 Å². The van der Waals surface area contributed by atoms with Crippen LogP contribution in [-0.2, 0) is 17.6 Å². The smallest absolute Gasteiger partial charge is 0.341 e. The number of esters is 1. The Labute approximate surface area is 131 Å². The number of ether oxygens (including phenoxy) is 1. The first-order chi connectivity index (χ1) is 10.5. The van der Waals surface area contributed by atoms with Crippen LogP contribution in [-0.4, -0.2) is 24.1 Å². The highest BCUT2D eigenvalue weighted by Gasteiger charge is 2.29. The monoisotopic (exact) mass is 320 g/mol. The topological polar surface area (TPSA) is 81.4 Å². The van der Waals surface area contributed by atoms with Crippen LogP contribution in [0.4, 0.5) is 5.00 Å². The zero-order valence-corrected chi connectivity index (χ0v) is 13.4. The molecule has 2 aromatic rings. The largest absolute Gasteiger partial charge is 0.465 e. The Morgan fingerprint density at radius 3 is 2.68 bits per heavy atom. The van der Waals surface area contributed by atoms with Crippen LogP contribution >= 0.6 is 11.3 Å². The van der Waals surface area contributed by atoms with E-state index in [2.05, 4.69) is 10.5 Å². The molecule has 22 heavy (non-hydrogen) atoms. The molecule has 2 heterocycles. The van der Waals surface area contributed by atoms with E-state index in [1.54, 1.807) is 13.8 Å². The van der Waals surface area contributed by atoms with Gasteiger partial charge in [0.1, 0.15) is 16.3 Å². The molecule has 0 atom stereocenters. The minimum Gasteiger partial charge on any atom is -0.465 e. The van der Waals surface area contributed by atoms with E-state index >= 15 is 0 Å². The van der Waals surface area contributed by atoms with Crippen LogP contribution in [0.2, 0.25) is 0 Å². The molecule has 1 N–H and O–H groups in total. The van der Waals surface area contributed by atoms with Crippen molar-refractivity contribution in [1.82, 2.24) is 5.16 Å². The summed E-state index contributed by atoms with van der Waals surface area (Å²) in [7, 11) is 1.35. The van der Waals surface area contributed by atoms with E-state index in [9.17, 15) is 9.59 Å². The van der Waals surface area contributed by atoms with Gasteiger partial charge in [-0.1, -0.05) is 5.16 Å². The highest BCUT2D eigenvalue weighted by atomic mass is 32.1. The molecule has 2 aromatic heterocycles. The number of rotatable bonds is 3. The van der Waals surface area contributed by atoms with Crippen molar-refractivity contribution in [2.45, 2.75) is 33.1 Å². The van der Waals surface area contributed by atoms with Crippen LogP contribution in [0.3, 0.4) is 0 Å². The molecule has 1 amide bonds. The fraction of sp³-hybridized carbons (Fsp3) is 0.400. The summed E-state index contributed by atoms with van der Waals surface area (Å²) in [5.74, 6) is -0.270. The average Bonchev–Trinajstić information content (AvgIpc) is 3.13. The summed E-state index contributed by atoms with van der Waals surface area (Å²) in [6.07, 6.45) is 2.81. The van der Waals surface area contributed by atoms with E-state index in [1.165, 1.54) is 18.4 Å². The first kappa shape index (κ1) is 14.8. The number of hydrogen-bond donors (Lipinski definition) is 1. The van der Waals surface area contributed by atoms with Gasteiger partial charge < -0.3 is 14.6 Å². The predicted octanol–water partition coefficient (Wildman–Crippen LogP) is 2.88. The molecular formula is C15H16N2O4S. The third-order valence-corrected chi connectivity index (χ3v) is 5.01. The van der Waals surface area contributed by atoms with Crippen molar-refractivity contribution in [3.8, 4) is 0 Å². The Hall–Kier alpha value is -2.15. The second-order valence-electron chi connectivity index (χ2n) is 5.21. The maximum Gasteiger partial charge on any atom is 0.341 e. The molecule has 0 saturated heterocycles. The molecular weight excluding hydrogens is 304 g/mol. The molecule has 1 aliphatic rings. The van der Waals surface area contributed by atoms with Gasteiger partial charge in [-0.2, -0.15) is 0 Å². The van der Waals surface area contributed by atoms with Gasteiger partial charge in [0.15, 0.2) is 0 Å². The maximum absolute atomic E-state index is 12.5. The van der Waals surface area contributed by atoms with E-state index in [1.807, 2.05) is 0 Å². The van der Waals surface area contributed by atoms with Crippen LogP contribution in [0.15, 0.2) is 4.52 Å². The van der Waals surface area contributed by atoms with Gasteiger partial charge in [0.25, 0.3) is 5.91 Å². The summed E-state index contributed by atoms with van der Waals surface area (Å²) in [4.78, 5) is 25.7. The fourth-order valence-electron chi connectivity index (χ4n) is 2.78. The van der Waals surface area contributed by atoms with Crippen molar-refractivity contribution < 1.29 is 18.8 Å². The van der Waals surface area contributed by atoms with Gasteiger partial charge in [-0.3, -0.25) is 4.79 Å². The number of amides is 1. The van der Waals surface area contributed by atoms with E-state index in [0.29, 0.717) is 27.6 Å². The lowest BCUT2D eigenvalue weighted by atomic mass is 10.1. The van der Waals surface area contributed by atoms with Crippen molar-refractivity contribution in [2.75, 3.05) is 12.4 Å². The molecule has 7 heteroatoms. The van der Waals surface area contributed by atoms with E-state index in [-0.39, 0.29) is 5.91 Å². The Kier molecular flexibility index (Phi) is 3.74. The molecule has 0 aromatic carbocycles. The Balaban J connectivity index is 1.96. The van der Waals surface area contributed by atoms with Crippen LogP contribution in [0, 0.1) is 13.8 Å². The van der Waals surface area contributed by atoms with Crippen LogP contribution in [0.25, 0.3) is 0 Å². The zero-order chi connectivity index (χ0) is 15.9. The molecule has 0 aliphatic heterocycles. The quantitative estimate of drug-likeness (QED) is 0.879. The highest BCUT2D eigenvalue weighted by Crippen LogP contribution is 2.39. The number of carbonyl (C=O) groups excluding carboxylic acids is 2. The van der Waals surface area contributed by atoms with Crippen molar-refractivity contribution in [3.63, 3.8) is 0 Å². The lowest BCUT2D eigenvalue weighted by Crippen LogP contribution is -2.15. The maximum atomic E-state index is 12.5. The van der Waals surface area contributed by atoms with Gasteiger partial charge in [-0.05, 0) is 38.7 Å². The van der Waals surface area contributed by atoms with E-state index < -0.39 is 5.97 Å². The molecule has 0 bridgehead atoms. The Bertz CT molecular complexity index is 740. The highest BCUT2D eigenvalue weighted by molar-refractivity contribution is 7.17. The number of hydrogen-bond acceptors (Lipinski definition) is 6. The Morgan fingerprint density at radius 2 is 2.05 bits per heavy atom. The second kappa shape index (κ2) is 5.57. The normalized spacial score (nSPS) is 13.0. The van der Waals surface area contributed by atoms with E-state index in [0.717, 1.165) is 29.7 Å². The summed E-state index contributed by atoms with van der Waals surface area (Å²) >= 11 is 1.45.